The fraction of sp³-hybridized carbons (Fsp3) is 0.750. The van der Waals surface area contributed by atoms with Gasteiger partial charge in [0.05, 0.1) is 6.54 Å². The Kier molecular flexibility index (Phi) is 5.01. The van der Waals surface area contributed by atoms with Crippen LogP contribution < -0.4 is 5.32 Å². The summed E-state index contributed by atoms with van der Waals surface area (Å²) in [6.45, 7) is 4.94. The van der Waals surface area contributed by atoms with Crippen molar-refractivity contribution in [2.24, 2.45) is 0 Å². The Balaban J connectivity index is 2.44. The van der Waals surface area contributed by atoms with Gasteiger partial charge >= 0.3 is 6.03 Å². The molecular formula is C12H22BrN3O. The highest BCUT2D eigenvalue weighted by Gasteiger charge is 2.40. The highest BCUT2D eigenvalue weighted by molar-refractivity contribution is 9.11. The number of carbonyl (C=O) groups is 1. The van der Waals surface area contributed by atoms with Gasteiger partial charge in [0, 0.05) is 23.6 Å². The van der Waals surface area contributed by atoms with E-state index in [0.717, 1.165) is 11.0 Å². The molecule has 0 aromatic heterocycles. The van der Waals surface area contributed by atoms with E-state index in [1.807, 2.05) is 7.05 Å². The van der Waals surface area contributed by atoms with Crippen LogP contribution >= 0.6 is 15.9 Å². The van der Waals surface area contributed by atoms with Crippen LogP contribution in [0.1, 0.15) is 19.3 Å². The van der Waals surface area contributed by atoms with Gasteiger partial charge in [-0.15, -0.1) is 0 Å². The van der Waals surface area contributed by atoms with E-state index < -0.39 is 0 Å². The molecule has 0 saturated heterocycles. The maximum Gasteiger partial charge on any atom is 0.317 e. The van der Waals surface area contributed by atoms with Crippen molar-refractivity contribution in [3.8, 4) is 0 Å². The first-order valence-electron chi connectivity index (χ1n) is 5.87. The van der Waals surface area contributed by atoms with Crippen molar-refractivity contribution in [3.63, 3.8) is 0 Å². The Bertz CT molecular complexity index is 300. The molecule has 0 heterocycles. The van der Waals surface area contributed by atoms with Gasteiger partial charge in [-0.25, -0.2) is 4.79 Å². The minimum Gasteiger partial charge on any atom is -0.333 e. The molecule has 0 radical (unpaired) electrons. The van der Waals surface area contributed by atoms with Gasteiger partial charge in [0.1, 0.15) is 0 Å². The maximum absolute atomic E-state index is 11.8. The average Bonchev–Trinajstić information content (AvgIpc) is 2.18. The van der Waals surface area contributed by atoms with E-state index in [1.54, 1.807) is 4.90 Å². The number of rotatable bonds is 5. The van der Waals surface area contributed by atoms with Gasteiger partial charge < -0.3 is 15.1 Å². The van der Waals surface area contributed by atoms with Gasteiger partial charge in [0.15, 0.2) is 0 Å². The highest BCUT2D eigenvalue weighted by atomic mass is 79.9. The zero-order valence-corrected chi connectivity index (χ0v) is 12.5. The van der Waals surface area contributed by atoms with Crippen molar-refractivity contribution in [1.82, 2.24) is 15.1 Å². The van der Waals surface area contributed by atoms with Crippen LogP contribution in [0.15, 0.2) is 11.1 Å². The van der Waals surface area contributed by atoms with Crippen molar-refractivity contribution in [3.05, 3.63) is 11.1 Å². The molecule has 17 heavy (non-hydrogen) atoms. The normalized spacial score (nSPS) is 17.5. The van der Waals surface area contributed by atoms with Crippen molar-refractivity contribution in [2.75, 3.05) is 34.2 Å². The third kappa shape index (κ3) is 3.71. The first-order valence-corrected chi connectivity index (χ1v) is 6.66. The number of hydrogen-bond acceptors (Lipinski definition) is 2. The number of hydrogen-bond donors (Lipinski definition) is 1. The van der Waals surface area contributed by atoms with Crippen LogP contribution in [0.2, 0.25) is 0 Å². The zero-order valence-electron chi connectivity index (χ0n) is 10.9. The largest absolute Gasteiger partial charge is 0.333 e. The SMILES string of the molecule is C=C(Br)CNC(=O)N(C)CC1(N(C)C)CCC1. The summed E-state index contributed by atoms with van der Waals surface area (Å²) in [7, 11) is 6.02. The average molecular weight is 304 g/mol. The molecule has 1 aliphatic carbocycles. The zero-order chi connectivity index (χ0) is 13.1. The van der Waals surface area contributed by atoms with Crippen LogP contribution in [0.25, 0.3) is 0 Å². The monoisotopic (exact) mass is 303 g/mol. The molecule has 0 aromatic rings. The molecule has 98 valence electrons. The predicted molar refractivity (Wildman–Crippen MR) is 74.4 cm³/mol. The molecule has 2 amide bonds. The molecule has 1 saturated carbocycles. The lowest BCUT2D eigenvalue weighted by molar-refractivity contribution is 0.0365. The Morgan fingerprint density at radius 2 is 2.00 bits per heavy atom. The number of amides is 2. The molecule has 1 aliphatic rings. The lowest BCUT2D eigenvalue weighted by Gasteiger charge is -2.49. The molecular weight excluding hydrogens is 282 g/mol. The van der Waals surface area contributed by atoms with Crippen molar-refractivity contribution in [2.45, 2.75) is 24.8 Å². The lowest BCUT2D eigenvalue weighted by Crippen LogP contribution is -2.58. The Hall–Kier alpha value is -0.550. The first-order chi connectivity index (χ1) is 7.87. The first kappa shape index (κ1) is 14.5. The van der Waals surface area contributed by atoms with Gasteiger partial charge in [-0.05, 0) is 33.4 Å². The number of halogens is 1. The Labute approximate surface area is 112 Å². The minimum absolute atomic E-state index is 0.0428. The molecule has 0 aromatic carbocycles. The summed E-state index contributed by atoms with van der Waals surface area (Å²) in [5.74, 6) is 0. The quantitative estimate of drug-likeness (QED) is 0.843. The minimum atomic E-state index is -0.0428. The third-order valence-corrected chi connectivity index (χ3v) is 3.82. The van der Waals surface area contributed by atoms with Gasteiger partial charge in [0.25, 0.3) is 0 Å². The maximum atomic E-state index is 11.8. The van der Waals surface area contributed by atoms with Crippen LogP contribution in [0.4, 0.5) is 4.79 Å². The fourth-order valence-corrected chi connectivity index (χ4v) is 2.29. The van der Waals surface area contributed by atoms with E-state index in [2.05, 4.69) is 46.8 Å². The second-order valence-electron chi connectivity index (χ2n) is 5.00. The van der Waals surface area contributed by atoms with Gasteiger partial charge in [-0.1, -0.05) is 22.5 Å². The summed E-state index contributed by atoms with van der Waals surface area (Å²) in [5, 5.41) is 2.81. The summed E-state index contributed by atoms with van der Waals surface area (Å²) >= 11 is 3.23. The molecule has 0 atom stereocenters. The molecule has 0 bridgehead atoms. The van der Waals surface area contributed by atoms with E-state index in [9.17, 15) is 4.79 Å². The van der Waals surface area contributed by atoms with Crippen molar-refractivity contribution in [1.29, 1.82) is 0 Å². The Morgan fingerprint density at radius 3 is 2.35 bits per heavy atom. The molecule has 4 nitrogen and oxygen atoms in total. The molecule has 0 unspecified atom stereocenters. The molecule has 5 heteroatoms. The predicted octanol–water partition coefficient (Wildman–Crippen LogP) is 2.02. The van der Waals surface area contributed by atoms with E-state index in [1.165, 1.54) is 19.3 Å². The molecule has 1 fully saturated rings. The molecule has 1 N–H and O–H groups in total. The van der Waals surface area contributed by atoms with E-state index in [0.29, 0.717) is 6.54 Å². The number of nitrogens with zero attached hydrogens (tertiary/aromatic N) is 2. The van der Waals surface area contributed by atoms with E-state index in [4.69, 9.17) is 0 Å². The number of nitrogens with one attached hydrogen (secondary N) is 1. The topological polar surface area (TPSA) is 35.6 Å². The summed E-state index contributed by atoms with van der Waals surface area (Å²) in [5.41, 5.74) is 0.178. The number of urea groups is 1. The van der Waals surface area contributed by atoms with Crippen LogP contribution in [0, 0.1) is 0 Å². The van der Waals surface area contributed by atoms with Crippen molar-refractivity contribution >= 4 is 22.0 Å². The van der Waals surface area contributed by atoms with Gasteiger partial charge in [-0.3, -0.25) is 0 Å². The summed E-state index contributed by atoms with van der Waals surface area (Å²) in [4.78, 5) is 15.8. The molecule has 0 aliphatic heterocycles. The van der Waals surface area contributed by atoms with Crippen molar-refractivity contribution < 1.29 is 4.79 Å². The number of likely N-dealkylation sites (N-methyl/N-ethyl adjacent to an activating group) is 2. The van der Waals surface area contributed by atoms with Crippen LogP contribution in [-0.4, -0.2) is 55.6 Å². The smallest absolute Gasteiger partial charge is 0.317 e. The summed E-state index contributed by atoms with van der Waals surface area (Å²) in [6, 6.07) is -0.0428. The number of carbonyl (C=O) groups excluding carboxylic acids is 1. The van der Waals surface area contributed by atoms with Gasteiger partial charge in [-0.2, -0.15) is 0 Å². The lowest BCUT2D eigenvalue weighted by atomic mass is 9.75. The van der Waals surface area contributed by atoms with Gasteiger partial charge in [0.2, 0.25) is 0 Å². The molecule has 1 rings (SSSR count). The van der Waals surface area contributed by atoms with E-state index >= 15 is 0 Å². The second-order valence-corrected chi connectivity index (χ2v) is 6.13. The Morgan fingerprint density at radius 1 is 1.41 bits per heavy atom. The fourth-order valence-electron chi connectivity index (χ4n) is 2.15. The highest BCUT2D eigenvalue weighted by Crippen LogP contribution is 2.36. The van der Waals surface area contributed by atoms with Crippen LogP contribution in [-0.2, 0) is 0 Å². The molecule has 0 spiro atoms. The third-order valence-electron chi connectivity index (χ3n) is 3.54. The van der Waals surface area contributed by atoms with Crippen LogP contribution in [0.5, 0.6) is 0 Å². The van der Waals surface area contributed by atoms with Crippen LogP contribution in [0.3, 0.4) is 0 Å². The second kappa shape index (κ2) is 5.87. The summed E-state index contributed by atoms with van der Waals surface area (Å²) in [6.07, 6.45) is 3.59. The van der Waals surface area contributed by atoms with E-state index in [-0.39, 0.29) is 11.6 Å². The summed E-state index contributed by atoms with van der Waals surface area (Å²) < 4.78 is 0.783. The standard InChI is InChI=1S/C12H22BrN3O/c1-10(13)8-14-11(17)16(4)9-12(15(2)3)6-5-7-12/h1,5-9H2,2-4H3,(H,14,17).